The number of benzene rings is 2. The molecular formula is C24H29N3O5S. The topological polar surface area (TPSA) is 96.0 Å². The van der Waals surface area contributed by atoms with Crippen molar-refractivity contribution in [2.24, 2.45) is 0 Å². The van der Waals surface area contributed by atoms with Crippen LogP contribution in [-0.4, -0.2) is 56.3 Å². The third kappa shape index (κ3) is 5.10. The molecular weight excluding hydrogens is 442 g/mol. The van der Waals surface area contributed by atoms with E-state index in [-0.39, 0.29) is 29.2 Å². The van der Waals surface area contributed by atoms with E-state index in [2.05, 4.69) is 5.32 Å². The van der Waals surface area contributed by atoms with Gasteiger partial charge in [-0.2, -0.15) is 4.31 Å². The summed E-state index contributed by atoms with van der Waals surface area (Å²) in [6, 6.07) is 14.7. The molecule has 0 radical (unpaired) electrons. The van der Waals surface area contributed by atoms with E-state index >= 15 is 0 Å². The van der Waals surface area contributed by atoms with Crippen LogP contribution in [0, 0.1) is 0 Å². The first-order chi connectivity index (χ1) is 15.9. The van der Waals surface area contributed by atoms with E-state index in [0.717, 1.165) is 6.42 Å². The largest absolute Gasteiger partial charge is 0.494 e. The minimum absolute atomic E-state index is 0.0289. The molecule has 2 aliphatic heterocycles. The Labute approximate surface area is 194 Å². The Morgan fingerprint density at radius 1 is 1.00 bits per heavy atom. The second-order valence-corrected chi connectivity index (χ2v) is 10.3. The molecule has 33 heavy (non-hydrogen) atoms. The zero-order valence-corrected chi connectivity index (χ0v) is 19.5. The number of nitrogens with zero attached hydrogens (tertiary/aromatic N) is 2. The summed E-state index contributed by atoms with van der Waals surface area (Å²) in [6.45, 7) is 3.37. The zero-order chi connectivity index (χ0) is 23.4. The van der Waals surface area contributed by atoms with E-state index in [9.17, 15) is 18.0 Å². The molecule has 0 unspecified atom stereocenters. The van der Waals surface area contributed by atoms with Crippen LogP contribution >= 0.6 is 0 Å². The number of ether oxygens (including phenoxy) is 1. The summed E-state index contributed by atoms with van der Waals surface area (Å²) in [5, 5.41) is 3.29. The normalized spacial score (nSPS) is 20.4. The maximum Gasteiger partial charge on any atom is 0.251 e. The van der Waals surface area contributed by atoms with Crippen LogP contribution in [0.5, 0.6) is 5.75 Å². The zero-order valence-electron chi connectivity index (χ0n) is 18.6. The molecule has 1 atom stereocenters. The van der Waals surface area contributed by atoms with Crippen molar-refractivity contribution in [3.8, 4) is 5.75 Å². The molecule has 1 N–H and O–H groups in total. The maximum absolute atomic E-state index is 13.0. The van der Waals surface area contributed by atoms with E-state index in [1.165, 1.54) is 9.21 Å². The molecule has 9 heteroatoms. The summed E-state index contributed by atoms with van der Waals surface area (Å²) in [4.78, 5) is 27.0. The second kappa shape index (κ2) is 10.0. The quantitative estimate of drug-likeness (QED) is 0.595. The van der Waals surface area contributed by atoms with Crippen LogP contribution in [0.15, 0.2) is 59.5 Å². The highest BCUT2D eigenvalue weighted by molar-refractivity contribution is 7.89. The number of rotatable bonds is 8. The lowest BCUT2D eigenvalue weighted by Crippen LogP contribution is -2.49. The average molecular weight is 472 g/mol. The van der Waals surface area contributed by atoms with Gasteiger partial charge in [0.25, 0.3) is 5.91 Å². The number of piperidine rings is 1. The number of hydrogen-bond donors (Lipinski definition) is 1. The average Bonchev–Trinajstić information content (AvgIpc) is 3.11. The second-order valence-electron chi connectivity index (χ2n) is 8.32. The Bertz CT molecular complexity index is 1080. The molecule has 2 heterocycles. The fraction of sp³-hybridized carbons (Fsp3) is 0.417. The lowest BCUT2D eigenvalue weighted by atomic mass is 10.1. The minimum Gasteiger partial charge on any atom is -0.494 e. The van der Waals surface area contributed by atoms with Gasteiger partial charge in [0.05, 0.1) is 29.7 Å². The predicted octanol–water partition coefficient (Wildman–Crippen LogP) is 2.55. The highest BCUT2D eigenvalue weighted by Gasteiger charge is 2.41. The van der Waals surface area contributed by atoms with Crippen molar-refractivity contribution in [1.82, 2.24) is 9.62 Å². The van der Waals surface area contributed by atoms with Gasteiger partial charge in [0.15, 0.2) is 0 Å². The summed E-state index contributed by atoms with van der Waals surface area (Å²) in [5.74, 6) is 0.178. The smallest absolute Gasteiger partial charge is 0.251 e. The van der Waals surface area contributed by atoms with Gasteiger partial charge in [-0.05, 0) is 55.7 Å². The summed E-state index contributed by atoms with van der Waals surface area (Å²) in [7, 11) is -3.52. The molecule has 2 aromatic rings. The van der Waals surface area contributed by atoms with Crippen LogP contribution in [0.2, 0.25) is 0 Å². The van der Waals surface area contributed by atoms with Crippen LogP contribution in [0.25, 0.3) is 0 Å². The van der Waals surface area contributed by atoms with E-state index in [0.29, 0.717) is 44.0 Å². The lowest BCUT2D eigenvalue weighted by Gasteiger charge is -2.32. The monoisotopic (exact) mass is 471 g/mol. The van der Waals surface area contributed by atoms with Crippen LogP contribution in [0.1, 0.15) is 32.6 Å². The van der Waals surface area contributed by atoms with Gasteiger partial charge in [-0.15, -0.1) is 0 Å². The van der Waals surface area contributed by atoms with Crippen molar-refractivity contribution < 1.29 is 22.7 Å². The van der Waals surface area contributed by atoms with Crippen LogP contribution in [-0.2, 0) is 19.6 Å². The van der Waals surface area contributed by atoms with Gasteiger partial charge in [0.1, 0.15) is 5.75 Å². The molecule has 2 fully saturated rings. The van der Waals surface area contributed by atoms with Gasteiger partial charge in [0, 0.05) is 19.1 Å². The summed E-state index contributed by atoms with van der Waals surface area (Å²) >= 11 is 0. The van der Waals surface area contributed by atoms with Crippen molar-refractivity contribution in [2.75, 3.05) is 24.6 Å². The fourth-order valence-electron chi connectivity index (χ4n) is 4.23. The first-order valence-corrected chi connectivity index (χ1v) is 12.7. The predicted molar refractivity (Wildman–Crippen MR) is 124 cm³/mol. The number of imide groups is 1. The number of nitrogens with one attached hydrogen (secondary N) is 1. The number of anilines is 1. The third-order valence-corrected chi connectivity index (χ3v) is 7.90. The molecule has 8 nitrogen and oxygen atoms in total. The maximum atomic E-state index is 13.0. The number of carbonyl (C=O) groups excluding carboxylic acids is 2. The first kappa shape index (κ1) is 23.4. The van der Waals surface area contributed by atoms with Gasteiger partial charge < -0.3 is 10.1 Å². The molecule has 4 rings (SSSR count). The van der Waals surface area contributed by atoms with Gasteiger partial charge in [0.2, 0.25) is 15.9 Å². The Kier molecular flexibility index (Phi) is 7.11. The molecule has 0 spiro atoms. The van der Waals surface area contributed by atoms with E-state index < -0.39 is 16.1 Å². The number of sulfonamides is 1. The molecule has 0 saturated carbocycles. The molecule has 0 aliphatic carbocycles. The first-order valence-electron chi connectivity index (χ1n) is 11.3. The highest BCUT2D eigenvalue weighted by Crippen LogP contribution is 2.27. The van der Waals surface area contributed by atoms with Crippen LogP contribution < -0.4 is 15.0 Å². The molecule has 176 valence electrons. The van der Waals surface area contributed by atoms with E-state index in [4.69, 9.17) is 4.74 Å². The lowest BCUT2D eigenvalue weighted by molar-refractivity contribution is -0.121. The molecule has 2 saturated heterocycles. The van der Waals surface area contributed by atoms with Crippen LogP contribution in [0.4, 0.5) is 5.69 Å². The van der Waals surface area contributed by atoms with Gasteiger partial charge in [-0.3, -0.25) is 9.59 Å². The summed E-state index contributed by atoms with van der Waals surface area (Å²) in [5.41, 5.74) is 0.530. The molecule has 2 aromatic carbocycles. The number of amides is 2. The van der Waals surface area contributed by atoms with Gasteiger partial charge in [-0.25, -0.2) is 13.3 Å². The molecule has 2 amide bonds. The number of hydrogen-bond acceptors (Lipinski definition) is 6. The van der Waals surface area contributed by atoms with E-state index in [1.54, 1.807) is 54.6 Å². The van der Waals surface area contributed by atoms with Gasteiger partial charge >= 0.3 is 0 Å². The molecule has 0 bridgehead atoms. The summed E-state index contributed by atoms with van der Waals surface area (Å²) in [6.07, 6.45) is 2.14. The Hall–Kier alpha value is -2.75. The standard InChI is InChI=1S/C24H29N3O5S/c1-2-16-32-20-10-8-19(9-11-20)27-23(28)17-22(24(27)29)25-18-12-14-26(15-13-18)33(30,31)21-6-4-3-5-7-21/h3-11,18,22,25H,2,12-17H2,1H3/t22-/m0/s1. The van der Waals surface area contributed by atoms with Crippen molar-refractivity contribution in [3.63, 3.8) is 0 Å². The van der Waals surface area contributed by atoms with Crippen molar-refractivity contribution in [2.45, 2.75) is 49.6 Å². The molecule has 2 aliphatic rings. The Morgan fingerprint density at radius 3 is 2.30 bits per heavy atom. The van der Waals surface area contributed by atoms with E-state index in [1.807, 2.05) is 6.92 Å². The molecule has 0 aromatic heterocycles. The third-order valence-electron chi connectivity index (χ3n) is 5.99. The van der Waals surface area contributed by atoms with Crippen LogP contribution in [0.3, 0.4) is 0 Å². The Morgan fingerprint density at radius 2 is 1.67 bits per heavy atom. The fourth-order valence-corrected chi connectivity index (χ4v) is 5.72. The minimum atomic E-state index is -3.52. The SMILES string of the molecule is CCCOc1ccc(N2C(=O)C[C@H](NC3CCN(S(=O)(=O)c4ccccc4)CC3)C2=O)cc1. The van der Waals surface area contributed by atoms with Crippen molar-refractivity contribution >= 4 is 27.5 Å². The summed E-state index contributed by atoms with van der Waals surface area (Å²) < 4.78 is 32.7. The van der Waals surface area contributed by atoms with Gasteiger partial charge in [-0.1, -0.05) is 25.1 Å². The van der Waals surface area contributed by atoms with Crippen molar-refractivity contribution in [3.05, 3.63) is 54.6 Å². The number of carbonyl (C=O) groups is 2. The highest BCUT2D eigenvalue weighted by atomic mass is 32.2. The Balaban J connectivity index is 1.34. The van der Waals surface area contributed by atoms with Crippen molar-refractivity contribution in [1.29, 1.82) is 0 Å².